The number of amides is 1. The Morgan fingerprint density at radius 2 is 1.60 bits per heavy atom. The molecule has 1 N–H and O–H groups in total. The van der Waals surface area contributed by atoms with Crippen LogP contribution >= 0.6 is 0 Å². The molecule has 3 rings (SSSR count). The molecule has 0 heterocycles. The first kappa shape index (κ1) is 20.5. The van der Waals surface area contributed by atoms with Crippen LogP contribution < -0.4 is 10.1 Å². The Balaban J connectivity index is 1.54. The van der Waals surface area contributed by atoms with E-state index in [1.165, 1.54) is 25.1 Å². The van der Waals surface area contributed by atoms with Crippen molar-refractivity contribution in [2.24, 2.45) is 0 Å². The second-order valence-corrected chi connectivity index (χ2v) is 6.27. The molecule has 0 saturated heterocycles. The number of nitrogens with one attached hydrogen (secondary N) is 1. The number of carbonyl (C=O) groups excluding carboxylic acids is 2. The maximum atomic E-state index is 12.2. The van der Waals surface area contributed by atoms with Crippen LogP contribution in [0.3, 0.4) is 0 Å². The molecule has 152 valence electrons. The largest absolute Gasteiger partial charge is 0.457 e. The zero-order valence-corrected chi connectivity index (χ0v) is 16.0. The quantitative estimate of drug-likeness (QED) is 0.352. The maximum Gasteiger partial charge on any atom is 0.339 e. The average molecular weight is 406 g/mol. The van der Waals surface area contributed by atoms with Gasteiger partial charge in [0.2, 0.25) is 0 Å². The minimum absolute atomic E-state index is 0.0411. The third-order valence-electron chi connectivity index (χ3n) is 4.17. The van der Waals surface area contributed by atoms with Gasteiger partial charge in [0.1, 0.15) is 11.5 Å². The van der Waals surface area contributed by atoms with Gasteiger partial charge < -0.3 is 14.8 Å². The Morgan fingerprint density at radius 1 is 0.933 bits per heavy atom. The normalized spacial score (nSPS) is 10.2. The van der Waals surface area contributed by atoms with Gasteiger partial charge in [-0.3, -0.25) is 14.9 Å². The molecule has 3 aromatic carbocycles. The van der Waals surface area contributed by atoms with E-state index in [1.807, 2.05) is 30.3 Å². The number of nitrogens with zero attached hydrogens (tertiary/aromatic N) is 1. The Morgan fingerprint density at radius 3 is 2.27 bits per heavy atom. The SMILES string of the molecule is Cc1c(C(=O)OCC(=O)Nc2ccc(Oc3ccccc3)cc2)cccc1[N+](=O)[O-]. The third-order valence-corrected chi connectivity index (χ3v) is 4.17. The number of rotatable bonds is 7. The van der Waals surface area contributed by atoms with Gasteiger partial charge in [-0.2, -0.15) is 0 Å². The smallest absolute Gasteiger partial charge is 0.339 e. The van der Waals surface area contributed by atoms with Crippen LogP contribution in [0, 0.1) is 17.0 Å². The molecule has 0 unspecified atom stereocenters. The lowest BCUT2D eigenvalue weighted by Crippen LogP contribution is -2.21. The fraction of sp³-hybridized carbons (Fsp3) is 0.0909. The first-order valence-corrected chi connectivity index (χ1v) is 8.98. The topological polar surface area (TPSA) is 108 Å². The number of hydrogen-bond donors (Lipinski definition) is 1. The van der Waals surface area contributed by atoms with Crippen LogP contribution in [0.1, 0.15) is 15.9 Å². The number of anilines is 1. The van der Waals surface area contributed by atoms with Crippen molar-refractivity contribution in [3.05, 3.63) is 94.0 Å². The highest BCUT2D eigenvalue weighted by Crippen LogP contribution is 2.23. The molecule has 3 aromatic rings. The van der Waals surface area contributed by atoms with Crippen LogP contribution in [0.5, 0.6) is 11.5 Å². The lowest BCUT2D eigenvalue weighted by Gasteiger charge is -2.09. The predicted octanol–water partition coefficient (Wildman–Crippen LogP) is 4.49. The van der Waals surface area contributed by atoms with Crippen molar-refractivity contribution in [1.29, 1.82) is 0 Å². The van der Waals surface area contributed by atoms with Gasteiger partial charge in [0, 0.05) is 17.3 Å². The van der Waals surface area contributed by atoms with E-state index in [2.05, 4.69) is 5.32 Å². The van der Waals surface area contributed by atoms with Crippen molar-refractivity contribution < 1.29 is 24.0 Å². The summed E-state index contributed by atoms with van der Waals surface area (Å²) < 4.78 is 10.7. The standard InChI is InChI=1S/C22H18N2O6/c1-15-19(8-5-9-20(15)24(27)28)22(26)29-14-21(25)23-16-10-12-18(13-11-16)30-17-6-3-2-4-7-17/h2-13H,14H2,1H3,(H,23,25). The van der Waals surface area contributed by atoms with Crippen LogP contribution in [0.15, 0.2) is 72.8 Å². The zero-order valence-electron chi connectivity index (χ0n) is 16.0. The van der Waals surface area contributed by atoms with E-state index in [0.717, 1.165) is 0 Å². The van der Waals surface area contributed by atoms with Crippen LogP contribution in [-0.2, 0) is 9.53 Å². The van der Waals surface area contributed by atoms with E-state index in [9.17, 15) is 19.7 Å². The Hall–Kier alpha value is -4.20. The first-order valence-electron chi connectivity index (χ1n) is 8.98. The molecule has 0 radical (unpaired) electrons. The van der Waals surface area contributed by atoms with Gasteiger partial charge in [-0.15, -0.1) is 0 Å². The fourth-order valence-corrected chi connectivity index (χ4v) is 2.68. The number of nitro benzene ring substituents is 1. The number of nitro groups is 1. The first-order chi connectivity index (χ1) is 14.4. The molecule has 0 fully saturated rings. The molecular weight excluding hydrogens is 388 g/mol. The van der Waals surface area contributed by atoms with Crippen molar-refractivity contribution in [2.75, 3.05) is 11.9 Å². The van der Waals surface area contributed by atoms with Crippen LogP contribution in [0.25, 0.3) is 0 Å². The summed E-state index contributed by atoms with van der Waals surface area (Å²) in [5.74, 6) is -0.0504. The summed E-state index contributed by atoms with van der Waals surface area (Å²) in [7, 11) is 0. The minimum Gasteiger partial charge on any atom is -0.457 e. The number of hydrogen-bond acceptors (Lipinski definition) is 6. The van der Waals surface area contributed by atoms with Gasteiger partial charge in [-0.1, -0.05) is 24.3 Å². The fourth-order valence-electron chi connectivity index (χ4n) is 2.68. The molecule has 0 saturated carbocycles. The van der Waals surface area contributed by atoms with Crippen molar-refractivity contribution >= 4 is 23.3 Å². The molecule has 0 aliphatic rings. The molecule has 8 heteroatoms. The monoisotopic (exact) mass is 406 g/mol. The summed E-state index contributed by atoms with van der Waals surface area (Å²) >= 11 is 0. The second kappa shape index (κ2) is 9.33. The summed E-state index contributed by atoms with van der Waals surface area (Å²) in [4.78, 5) is 34.6. The maximum absolute atomic E-state index is 12.2. The van der Waals surface area contributed by atoms with Crippen molar-refractivity contribution in [2.45, 2.75) is 6.92 Å². The molecule has 0 aliphatic carbocycles. The van der Waals surface area contributed by atoms with E-state index in [-0.39, 0.29) is 16.8 Å². The molecule has 0 atom stereocenters. The highest BCUT2D eigenvalue weighted by molar-refractivity contribution is 5.96. The van der Waals surface area contributed by atoms with Gasteiger partial charge >= 0.3 is 5.97 Å². The Kier molecular flexibility index (Phi) is 6.39. The average Bonchev–Trinajstić information content (AvgIpc) is 2.74. The van der Waals surface area contributed by atoms with E-state index in [4.69, 9.17) is 9.47 Å². The van der Waals surface area contributed by atoms with Crippen molar-refractivity contribution in [3.8, 4) is 11.5 Å². The zero-order chi connectivity index (χ0) is 21.5. The molecule has 0 bridgehead atoms. The van der Waals surface area contributed by atoms with Gasteiger partial charge in [0.25, 0.3) is 11.6 Å². The van der Waals surface area contributed by atoms with Crippen LogP contribution in [0.2, 0.25) is 0 Å². The highest BCUT2D eigenvalue weighted by Gasteiger charge is 2.19. The lowest BCUT2D eigenvalue weighted by molar-refractivity contribution is -0.385. The number of ether oxygens (including phenoxy) is 2. The lowest BCUT2D eigenvalue weighted by atomic mass is 10.1. The van der Waals surface area contributed by atoms with Gasteiger partial charge in [0.05, 0.1) is 10.5 Å². The number of esters is 1. The van der Waals surface area contributed by atoms with Gasteiger partial charge in [0.15, 0.2) is 6.61 Å². The summed E-state index contributed by atoms with van der Waals surface area (Å²) in [5.41, 5.74) is 0.538. The third kappa shape index (κ3) is 5.20. The van der Waals surface area contributed by atoms with E-state index in [0.29, 0.717) is 17.2 Å². The molecule has 1 amide bonds. The molecule has 0 aliphatic heterocycles. The Bertz CT molecular complexity index is 1060. The minimum atomic E-state index is -0.807. The van der Waals surface area contributed by atoms with E-state index >= 15 is 0 Å². The van der Waals surface area contributed by atoms with Gasteiger partial charge in [-0.05, 0) is 49.4 Å². The number of para-hydroxylation sites is 1. The second-order valence-electron chi connectivity index (χ2n) is 6.27. The number of benzene rings is 3. The summed E-state index contributed by atoms with van der Waals surface area (Å²) in [5, 5.41) is 13.6. The Labute approximate surface area is 172 Å². The highest BCUT2D eigenvalue weighted by atomic mass is 16.6. The summed E-state index contributed by atoms with van der Waals surface area (Å²) in [6.45, 7) is 0.928. The van der Waals surface area contributed by atoms with Crippen molar-refractivity contribution in [3.63, 3.8) is 0 Å². The summed E-state index contributed by atoms with van der Waals surface area (Å²) in [6, 6.07) is 20.1. The molecule has 0 spiro atoms. The molecule has 0 aromatic heterocycles. The van der Waals surface area contributed by atoms with E-state index < -0.39 is 23.4 Å². The molecule has 8 nitrogen and oxygen atoms in total. The van der Waals surface area contributed by atoms with E-state index in [1.54, 1.807) is 24.3 Å². The summed E-state index contributed by atoms with van der Waals surface area (Å²) in [6.07, 6.45) is 0. The van der Waals surface area contributed by atoms with Crippen LogP contribution in [-0.4, -0.2) is 23.4 Å². The van der Waals surface area contributed by atoms with Crippen molar-refractivity contribution in [1.82, 2.24) is 0 Å². The number of carbonyl (C=O) groups is 2. The molecule has 30 heavy (non-hydrogen) atoms. The predicted molar refractivity (Wildman–Crippen MR) is 110 cm³/mol. The molecular formula is C22H18N2O6. The van der Waals surface area contributed by atoms with Gasteiger partial charge in [-0.25, -0.2) is 4.79 Å². The van der Waals surface area contributed by atoms with Crippen LogP contribution in [0.4, 0.5) is 11.4 Å².